The second-order valence-electron chi connectivity index (χ2n) is 10.4. The van der Waals surface area contributed by atoms with Gasteiger partial charge in [-0.1, -0.05) is 0 Å². The molecule has 1 unspecified atom stereocenters. The molecule has 3 heterocycles. The molecule has 3 fully saturated rings. The van der Waals surface area contributed by atoms with E-state index in [1.54, 1.807) is 0 Å². The molecule has 3 aliphatic heterocycles. The standard InChI is InChI=1S/C24H48IN4/c1-5-23-6-10-27(11-7-23)19-22(4)25-29-16-14-28(15-17-29)20-24-8-12-26(13-9-24)18-21(2)3/h21-24H,5-20H2,1-4H3/q-1. The van der Waals surface area contributed by atoms with Crippen molar-refractivity contribution in [3.05, 3.63) is 0 Å². The molecule has 29 heavy (non-hydrogen) atoms. The normalized spacial score (nSPS) is 26.5. The molecule has 0 aromatic rings. The van der Waals surface area contributed by atoms with Gasteiger partial charge in [0.15, 0.2) is 0 Å². The first-order valence-electron chi connectivity index (χ1n) is 12.6. The molecule has 0 aliphatic carbocycles. The van der Waals surface area contributed by atoms with Crippen molar-refractivity contribution in [3.63, 3.8) is 0 Å². The number of rotatable bonds is 9. The maximum absolute atomic E-state index is 2.85. The Morgan fingerprint density at radius 2 is 1.24 bits per heavy atom. The topological polar surface area (TPSA) is 13.0 Å². The Kier molecular flexibility index (Phi) is 10.5. The van der Waals surface area contributed by atoms with Crippen molar-refractivity contribution < 1.29 is 21.5 Å². The fraction of sp³-hybridized carbons (Fsp3) is 1.00. The van der Waals surface area contributed by atoms with Crippen LogP contribution in [0.3, 0.4) is 0 Å². The first-order chi connectivity index (χ1) is 14.0. The van der Waals surface area contributed by atoms with E-state index < -0.39 is 0 Å². The van der Waals surface area contributed by atoms with Crippen LogP contribution in [0.5, 0.6) is 0 Å². The first kappa shape index (κ1) is 24.2. The summed E-state index contributed by atoms with van der Waals surface area (Å²) in [4.78, 5) is 8.23. The van der Waals surface area contributed by atoms with E-state index in [1.165, 1.54) is 104 Å². The molecule has 172 valence electrons. The molecule has 1 atom stereocenters. The van der Waals surface area contributed by atoms with Gasteiger partial charge in [-0.15, -0.1) is 0 Å². The Labute approximate surface area is 192 Å². The molecule has 3 aliphatic rings. The van der Waals surface area contributed by atoms with E-state index >= 15 is 0 Å². The predicted molar refractivity (Wildman–Crippen MR) is 121 cm³/mol. The quantitative estimate of drug-likeness (QED) is 0.250. The van der Waals surface area contributed by atoms with Crippen LogP contribution >= 0.6 is 0 Å². The van der Waals surface area contributed by atoms with E-state index in [1.807, 2.05) is 0 Å². The molecule has 0 amide bonds. The SMILES string of the molecule is CCC1CCN(CC(C)[I-]N2CCN(CC3CCN(CC(C)C)CC3)CC2)CC1. The molecule has 0 radical (unpaired) electrons. The van der Waals surface area contributed by atoms with E-state index in [0.29, 0.717) is 0 Å². The van der Waals surface area contributed by atoms with Gasteiger partial charge < -0.3 is 0 Å². The minimum atomic E-state index is 0.202. The number of likely N-dealkylation sites (tertiary alicyclic amines) is 2. The van der Waals surface area contributed by atoms with Gasteiger partial charge in [0.05, 0.1) is 0 Å². The van der Waals surface area contributed by atoms with E-state index in [9.17, 15) is 0 Å². The molecule has 0 spiro atoms. The summed E-state index contributed by atoms with van der Waals surface area (Å²) in [5, 5.41) is 0. The molecule has 3 saturated heterocycles. The van der Waals surface area contributed by atoms with Gasteiger partial charge in [-0.05, 0) is 0 Å². The number of hydrogen-bond donors (Lipinski definition) is 0. The van der Waals surface area contributed by atoms with E-state index in [4.69, 9.17) is 0 Å². The summed E-state index contributed by atoms with van der Waals surface area (Å²) in [6, 6.07) is 0. The van der Waals surface area contributed by atoms with Crippen LogP contribution in [0.15, 0.2) is 0 Å². The molecule has 0 saturated carbocycles. The van der Waals surface area contributed by atoms with Gasteiger partial charge in [0, 0.05) is 0 Å². The predicted octanol–water partition coefficient (Wildman–Crippen LogP) is 0.487. The zero-order chi connectivity index (χ0) is 20.6. The van der Waals surface area contributed by atoms with Crippen LogP contribution < -0.4 is 21.5 Å². The van der Waals surface area contributed by atoms with Crippen LogP contribution in [0.25, 0.3) is 0 Å². The molecule has 0 N–H and O–H groups in total. The maximum atomic E-state index is 2.85. The summed E-state index contributed by atoms with van der Waals surface area (Å²) in [6.07, 6.45) is 7.11. The van der Waals surface area contributed by atoms with Gasteiger partial charge in [-0.25, -0.2) is 0 Å². The second kappa shape index (κ2) is 12.6. The molecular weight excluding hydrogens is 471 g/mol. The third-order valence-electron chi connectivity index (χ3n) is 7.26. The average molecular weight is 520 g/mol. The summed E-state index contributed by atoms with van der Waals surface area (Å²) in [6.45, 7) is 24.3. The zero-order valence-electron chi connectivity index (χ0n) is 19.8. The van der Waals surface area contributed by atoms with Gasteiger partial charge >= 0.3 is 193 Å². The molecule has 0 aromatic heterocycles. The second-order valence-corrected chi connectivity index (χ2v) is 14.4. The monoisotopic (exact) mass is 519 g/mol. The fourth-order valence-corrected chi connectivity index (χ4v) is 8.50. The molecule has 5 heteroatoms. The number of halogens is 1. The Bertz CT molecular complexity index is 436. The van der Waals surface area contributed by atoms with Crippen LogP contribution in [0, 0.1) is 17.8 Å². The summed E-state index contributed by atoms with van der Waals surface area (Å²) < 4.78 is 3.77. The van der Waals surface area contributed by atoms with E-state index in [2.05, 4.69) is 45.5 Å². The van der Waals surface area contributed by atoms with Crippen molar-refractivity contribution >= 4 is 0 Å². The molecule has 4 nitrogen and oxygen atoms in total. The van der Waals surface area contributed by atoms with Gasteiger partial charge in [0.1, 0.15) is 0 Å². The van der Waals surface area contributed by atoms with Crippen LogP contribution in [0.1, 0.15) is 59.8 Å². The van der Waals surface area contributed by atoms with Gasteiger partial charge in [-0.2, -0.15) is 0 Å². The fourth-order valence-electron chi connectivity index (χ4n) is 5.44. The number of alkyl halides is 1. The summed E-state index contributed by atoms with van der Waals surface area (Å²) in [5.74, 6) is 2.77. The van der Waals surface area contributed by atoms with Crippen molar-refractivity contribution in [3.8, 4) is 0 Å². The van der Waals surface area contributed by atoms with Crippen LogP contribution in [0.2, 0.25) is 0 Å². The van der Waals surface area contributed by atoms with Crippen molar-refractivity contribution in [1.29, 1.82) is 0 Å². The Morgan fingerprint density at radius 3 is 1.79 bits per heavy atom. The molecule has 3 rings (SSSR count). The third-order valence-corrected chi connectivity index (χ3v) is 10.4. The summed E-state index contributed by atoms with van der Waals surface area (Å²) >= 11 is 0.202. The first-order valence-corrected chi connectivity index (χ1v) is 14.8. The third kappa shape index (κ3) is 8.55. The van der Waals surface area contributed by atoms with Crippen molar-refractivity contribution in [2.75, 3.05) is 72.0 Å². The van der Waals surface area contributed by atoms with Crippen molar-refractivity contribution in [2.45, 2.75) is 63.7 Å². The Morgan fingerprint density at radius 1 is 0.690 bits per heavy atom. The summed E-state index contributed by atoms with van der Waals surface area (Å²) in [7, 11) is 0. The van der Waals surface area contributed by atoms with Crippen LogP contribution in [0.4, 0.5) is 0 Å². The Balaban J connectivity index is 1.27. The number of piperidine rings is 2. The molecule has 0 aromatic carbocycles. The summed E-state index contributed by atoms with van der Waals surface area (Å²) in [5.41, 5.74) is 0. The van der Waals surface area contributed by atoms with Gasteiger partial charge in [-0.3, -0.25) is 0 Å². The van der Waals surface area contributed by atoms with Crippen molar-refractivity contribution in [2.24, 2.45) is 17.8 Å². The number of nitrogens with zero attached hydrogens (tertiary/aromatic N) is 4. The van der Waals surface area contributed by atoms with Crippen LogP contribution in [-0.4, -0.2) is 93.7 Å². The Hall–Kier alpha value is 0.570. The van der Waals surface area contributed by atoms with Gasteiger partial charge in [0.2, 0.25) is 0 Å². The van der Waals surface area contributed by atoms with Crippen molar-refractivity contribution in [1.82, 2.24) is 17.8 Å². The minimum absolute atomic E-state index is 0.202. The molecule has 0 bridgehead atoms. The number of hydrogen-bond acceptors (Lipinski definition) is 4. The van der Waals surface area contributed by atoms with E-state index in [-0.39, 0.29) is 21.5 Å². The average Bonchev–Trinajstić information content (AvgIpc) is 2.71. The number of piperazine rings is 1. The van der Waals surface area contributed by atoms with E-state index in [0.717, 1.165) is 21.7 Å². The van der Waals surface area contributed by atoms with Gasteiger partial charge in [0.25, 0.3) is 0 Å². The zero-order valence-corrected chi connectivity index (χ0v) is 21.9. The van der Waals surface area contributed by atoms with Crippen LogP contribution in [-0.2, 0) is 0 Å². The molecular formula is C24H48IN4-.